The van der Waals surface area contributed by atoms with Crippen molar-refractivity contribution < 1.29 is 18.0 Å². The fraction of sp³-hybridized carbons (Fsp3) is 0.0769. The van der Waals surface area contributed by atoms with Gasteiger partial charge < -0.3 is 5.32 Å². The molecule has 1 aromatic heterocycles. The van der Waals surface area contributed by atoms with Gasteiger partial charge in [0.2, 0.25) is 0 Å². The molecule has 2 rings (SSSR count). The molecule has 0 aliphatic heterocycles. The van der Waals surface area contributed by atoms with Crippen molar-refractivity contribution >= 4 is 17.4 Å². The van der Waals surface area contributed by atoms with E-state index >= 15 is 0 Å². The quantitative estimate of drug-likeness (QED) is 0.462. The summed E-state index contributed by atoms with van der Waals surface area (Å²) < 4.78 is 37.8. The highest BCUT2D eigenvalue weighted by molar-refractivity contribution is 5.94. The van der Waals surface area contributed by atoms with E-state index in [2.05, 4.69) is 10.3 Å². The van der Waals surface area contributed by atoms with Crippen LogP contribution in [0, 0.1) is 0 Å². The Balaban J connectivity index is 2.24. The number of alkyl halides is 3. The standard InChI is InChI=1S/C13H11F3N4O/c14-13(15,16)9-2-1-3-10(7-9)19-11-6-8(4-5-18-11)12(21)20-17/h1-7H,17H2,(H,18,19)(H,20,21). The molecule has 0 radical (unpaired) electrons. The Morgan fingerprint density at radius 1 is 1.19 bits per heavy atom. The summed E-state index contributed by atoms with van der Waals surface area (Å²) in [6.45, 7) is 0. The maximum Gasteiger partial charge on any atom is 0.416 e. The number of nitrogen functional groups attached to an aromatic ring is 1. The maximum atomic E-state index is 12.6. The number of nitrogens with one attached hydrogen (secondary N) is 2. The number of halogens is 3. The molecule has 0 saturated carbocycles. The summed E-state index contributed by atoms with van der Waals surface area (Å²) in [5, 5.41) is 2.70. The summed E-state index contributed by atoms with van der Waals surface area (Å²) in [5.41, 5.74) is 1.63. The van der Waals surface area contributed by atoms with Crippen LogP contribution in [-0.2, 0) is 6.18 Å². The van der Waals surface area contributed by atoms with Crippen molar-refractivity contribution in [3.8, 4) is 0 Å². The highest BCUT2D eigenvalue weighted by Crippen LogP contribution is 2.31. The number of hydrazine groups is 1. The molecule has 1 aromatic carbocycles. The number of nitrogens with zero attached hydrogens (tertiary/aromatic N) is 1. The third-order valence-corrected chi connectivity index (χ3v) is 2.62. The number of anilines is 2. The van der Waals surface area contributed by atoms with Gasteiger partial charge in [-0.1, -0.05) is 6.07 Å². The van der Waals surface area contributed by atoms with Gasteiger partial charge >= 0.3 is 6.18 Å². The van der Waals surface area contributed by atoms with Crippen molar-refractivity contribution in [2.45, 2.75) is 6.18 Å². The fourth-order valence-corrected chi connectivity index (χ4v) is 1.64. The summed E-state index contributed by atoms with van der Waals surface area (Å²) in [6, 6.07) is 7.48. The van der Waals surface area contributed by atoms with Gasteiger partial charge in [-0.15, -0.1) is 0 Å². The van der Waals surface area contributed by atoms with Gasteiger partial charge in [0, 0.05) is 17.4 Å². The highest BCUT2D eigenvalue weighted by atomic mass is 19.4. The van der Waals surface area contributed by atoms with E-state index in [1.54, 1.807) is 0 Å². The molecule has 0 spiro atoms. The lowest BCUT2D eigenvalue weighted by Crippen LogP contribution is -2.30. The summed E-state index contributed by atoms with van der Waals surface area (Å²) in [6.07, 6.45) is -3.08. The first-order valence-electron chi connectivity index (χ1n) is 5.81. The van der Waals surface area contributed by atoms with Crippen LogP contribution in [0.5, 0.6) is 0 Å². The molecule has 0 fully saturated rings. The van der Waals surface area contributed by atoms with Crippen LogP contribution in [0.1, 0.15) is 15.9 Å². The molecular weight excluding hydrogens is 285 g/mol. The van der Waals surface area contributed by atoms with E-state index in [0.29, 0.717) is 0 Å². The van der Waals surface area contributed by atoms with E-state index in [1.165, 1.54) is 30.5 Å². The first-order valence-corrected chi connectivity index (χ1v) is 5.81. The molecule has 1 amide bonds. The van der Waals surface area contributed by atoms with Crippen LogP contribution in [0.15, 0.2) is 42.6 Å². The molecule has 2 aromatic rings. The monoisotopic (exact) mass is 296 g/mol. The van der Waals surface area contributed by atoms with Gasteiger partial charge in [0.1, 0.15) is 5.82 Å². The SMILES string of the molecule is NNC(=O)c1ccnc(Nc2cccc(C(F)(F)F)c2)c1. The molecule has 1 heterocycles. The second kappa shape index (κ2) is 5.80. The van der Waals surface area contributed by atoms with Crippen molar-refractivity contribution in [2.24, 2.45) is 5.84 Å². The van der Waals surface area contributed by atoms with E-state index in [0.717, 1.165) is 12.1 Å². The molecule has 0 aliphatic carbocycles. The topological polar surface area (TPSA) is 80.0 Å². The van der Waals surface area contributed by atoms with Crippen molar-refractivity contribution in [2.75, 3.05) is 5.32 Å². The van der Waals surface area contributed by atoms with Crippen LogP contribution in [0.2, 0.25) is 0 Å². The van der Waals surface area contributed by atoms with E-state index in [1.807, 2.05) is 5.43 Å². The molecule has 0 aliphatic rings. The average Bonchev–Trinajstić information content (AvgIpc) is 2.46. The number of carbonyl (C=O) groups is 1. The molecule has 0 atom stereocenters. The fourth-order valence-electron chi connectivity index (χ4n) is 1.64. The van der Waals surface area contributed by atoms with Crippen LogP contribution in [0.4, 0.5) is 24.7 Å². The Labute approximate surface area is 118 Å². The Morgan fingerprint density at radius 3 is 2.62 bits per heavy atom. The molecule has 21 heavy (non-hydrogen) atoms. The van der Waals surface area contributed by atoms with Gasteiger partial charge in [0.15, 0.2) is 0 Å². The molecule has 0 saturated heterocycles. The average molecular weight is 296 g/mol. The van der Waals surface area contributed by atoms with Gasteiger partial charge in [0.05, 0.1) is 5.56 Å². The molecular formula is C13H11F3N4O. The van der Waals surface area contributed by atoms with Gasteiger partial charge in [-0.25, -0.2) is 10.8 Å². The lowest BCUT2D eigenvalue weighted by atomic mass is 10.2. The molecule has 4 N–H and O–H groups in total. The second-order valence-corrected chi connectivity index (χ2v) is 4.11. The summed E-state index contributed by atoms with van der Waals surface area (Å²) in [4.78, 5) is 15.3. The van der Waals surface area contributed by atoms with Crippen molar-refractivity contribution in [1.82, 2.24) is 10.4 Å². The van der Waals surface area contributed by atoms with Crippen LogP contribution in [0.3, 0.4) is 0 Å². The number of rotatable bonds is 3. The summed E-state index contributed by atoms with van der Waals surface area (Å²) in [5.74, 6) is 4.72. The van der Waals surface area contributed by atoms with E-state index < -0.39 is 17.6 Å². The minimum atomic E-state index is -4.42. The highest BCUT2D eigenvalue weighted by Gasteiger charge is 2.30. The Bertz CT molecular complexity index is 658. The normalized spacial score (nSPS) is 11.0. The van der Waals surface area contributed by atoms with Crippen LogP contribution < -0.4 is 16.6 Å². The maximum absolute atomic E-state index is 12.6. The second-order valence-electron chi connectivity index (χ2n) is 4.11. The first-order chi connectivity index (χ1) is 9.90. The summed E-state index contributed by atoms with van der Waals surface area (Å²) >= 11 is 0. The minimum absolute atomic E-state index is 0.211. The smallest absolute Gasteiger partial charge is 0.340 e. The Morgan fingerprint density at radius 2 is 1.95 bits per heavy atom. The predicted octanol–water partition coefficient (Wildman–Crippen LogP) is 2.45. The lowest BCUT2D eigenvalue weighted by molar-refractivity contribution is -0.137. The number of nitrogens with two attached hydrogens (primary N) is 1. The van der Waals surface area contributed by atoms with Gasteiger partial charge in [0.25, 0.3) is 5.91 Å². The van der Waals surface area contributed by atoms with Gasteiger partial charge in [-0.3, -0.25) is 10.2 Å². The number of benzene rings is 1. The summed E-state index contributed by atoms with van der Waals surface area (Å²) in [7, 11) is 0. The zero-order valence-electron chi connectivity index (χ0n) is 10.6. The van der Waals surface area contributed by atoms with E-state index in [9.17, 15) is 18.0 Å². The molecule has 110 valence electrons. The minimum Gasteiger partial charge on any atom is -0.340 e. The molecule has 0 unspecified atom stereocenters. The number of pyridine rings is 1. The van der Waals surface area contributed by atoms with Crippen molar-refractivity contribution in [1.29, 1.82) is 0 Å². The third kappa shape index (κ3) is 3.69. The third-order valence-electron chi connectivity index (χ3n) is 2.62. The van der Waals surface area contributed by atoms with Crippen LogP contribution in [0.25, 0.3) is 0 Å². The zero-order chi connectivity index (χ0) is 15.5. The number of hydrogen-bond acceptors (Lipinski definition) is 4. The predicted molar refractivity (Wildman–Crippen MR) is 70.6 cm³/mol. The van der Waals surface area contributed by atoms with Crippen LogP contribution >= 0.6 is 0 Å². The molecule has 8 heteroatoms. The largest absolute Gasteiger partial charge is 0.416 e. The van der Waals surface area contributed by atoms with Crippen molar-refractivity contribution in [3.63, 3.8) is 0 Å². The Kier molecular flexibility index (Phi) is 4.08. The first kappa shape index (κ1) is 14.8. The van der Waals surface area contributed by atoms with E-state index in [-0.39, 0.29) is 17.1 Å². The molecule has 5 nitrogen and oxygen atoms in total. The lowest BCUT2D eigenvalue weighted by Gasteiger charge is -2.10. The number of amides is 1. The van der Waals surface area contributed by atoms with Gasteiger partial charge in [-0.2, -0.15) is 13.2 Å². The number of aromatic nitrogens is 1. The van der Waals surface area contributed by atoms with Gasteiger partial charge in [-0.05, 0) is 30.3 Å². The van der Waals surface area contributed by atoms with Crippen LogP contribution in [-0.4, -0.2) is 10.9 Å². The zero-order valence-corrected chi connectivity index (χ0v) is 10.6. The Hall–Kier alpha value is -2.61. The number of hydrogen-bond donors (Lipinski definition) is 3. The number of carbonyl (C=O) groups excluding carboxylic acids is 1. The molecule has 0 bridgehead atoms. The van der Waals surface area contributed by atoms with E-state index in [4.69, 9.17) is 5.84 Å². The van der Waals surface area contributed by atoms with Crippen molar-refractivity contribution in [3.05, 3.63) is 53.7 Å².